The number of carbonyl (C=O) groups is 2. The van der Waals surface area contributed by atoms with Crippen LogP contribution in [0.2, 0.25) is 0 Å². The van der Waals surface area contributed by atoms with E-state index in [1.54, 1.807) is 19.1 Å². The number of esters is 1. The van der Waals surface area contributed by atoms with Gasteiger partial charge < -0.3 is 4.74 Å². The van der Waals surface area contributed by atoms with Gasteiger partial charge in [-0.3, -0.25) is 9.59 Å². The normalized spacial score (nSPS) is 10.5. The molecule has 1 rings (SSSR count). The molecule has 0 aliphatic rings. The molecule has 0 atom stereocenters. The number of ether oxygens (including phenoxy) is 1. The topological polar surface area (TPSA) is 43.4 Å². The van der Waals surface area contributed by atoms with Gasteiger partial charge in [0.05, 0.1) is 18.6 Å². The molecule has 0 amide bonds. The molecule has 0 saturated heterocycles. The van der Waals surface area contributed by atoms with Crippen LogP contribution in [0.15, 0.2) is 24.3 Å². The molecule has 3 nitrogen and oxygen atoms in total. The largest absolute Gasteiger partial charge is 0.466 e. The summed E-state index contributed by atoms with van der Waals surface area (Å²) in [7, 11) is 0. The highest BCUT2D eigenvalue weighted by atomic mass is 19.1. The zero-order valence-electron chi connectivity index (χ0n) is 9.48. The molecule has 90 valence electrons. The predicted molar refractivity (Wildman–Crippen MR) is 62.1 cm³/mol. The molecule has 4 heteroatoms. The lowest BCUT2D eigenvalue weighted by Crippen LogP contribution is -2.01. The van der Waals surface area contributed by atoms with Crippen LogP contribution in [0.25, 0.3) is 6.08 Å². The third-order valence-electron chi connectivity index (χ3n) is 2.09. The molecule has 0 aliphatic carbocycles. The fourth-order valence-electron chi connectivity index (χ4n) is 1.33. The van der Waals surface area contributed by atoms with Gasteiger partial charge in [0, 0.05) is 0 Å². The Bertz CT molecular complexity index is 438. The molecule has 0 aliphatic heterocycles. The van der Waals surface area contributed by atoms with Crippen molar-refractivity contribution in [1.82, 2.24) is 0 Å². The minimum atomic E-state index is -0.571. The minimum absolute atomic E-state index is 0.00684. The van der Waals surface area contributed by atoms with Gasteiger partial charge in [-0.25, -0.2) is 4.39 Å². The van der Waals surface area contributed by atoms with Crippen molar-refractivity contribution in [2.24, 2.45) is 0 Å². The Balaban J connectivity index is 2.74. The first-order valence-corrected chi connectivity index (χ1v) is 5.25. The summed E-state index contributed by atoms with van der Waals surface area (Å²) in [6.45, 7) is 2.05. The lowest BCUT2D eigenvalue weighted by Gasteiger charge is -2.00. The number of hydrogen-bond donors (Lipinski definition) is 0. The molecule has 0 heterocycles. The SMILES string of the molecule is CCOC(=O)CC=Cc1cccc(F)c1C=O. The monoisotopic (exact) mass is 236 g/mol. The summed E-state index contributed by atoms with van der Waals surface area (Å²) in [5, 5.41) is 0. The van der Waals surface area contributed by atoms with Crippen molar-refractivity contribution in [3.63, 3.8) is 0 Å². The standard InChI is InChI=1S/C13H13FO3/c1-2-17-13(16)8-4-6-10-5-3-7-12(14)11(10)9-15/h3-7,9H,2,8H2,1H3. The molecule has 0 bridgehead atoms. The highest BCUT2D eigenvalue weighted by molar-refractivity contribution is 5.82. The number of halogens is 1. The van der Waals surface area contributed by atoms with Crippen molar-refractivity contribution in [2.45, 2.75) is 13.3 Å². The number of carbonyl (C=O) groups excluding carboxylic acids is 2. The van der Waals surface area contributed by atoms with Crippen molar-refractivity contribution in [2.75, 3.05) is 6.61 Å². The Morgan fingerprint density at radius 1 is 1.47 bits per heavy atom. The van der Waals surface area contributed by atoms with Crippen LogP contribution in [0, 0.1) is 5.82 Å². The van der Waals surface area contributed by atoms with Crippen LogP contribution in [0.1, 0.15) is 29.3 Å². The Kier molecular flexibility index (Phi) is 5.07. The van der Waals surface area contributed by atoms with Crippen LogP contribution >= 0.6 is 0 Å². The highest BCUT2D eigenvalue weighted by Gasteiger charge is 2.04. The van der Waals surface area contributed by atoms with E-state index in [2.05, 4.69) is 0 Å². The Morgan fingerprint density at radius 3 is 2.88 bits per heavy atom. The molecule has 0 fully saturated rings. The van der Waals surface area contributed by atoms with Crippen LogP contribution < -0.4 is 0 Å². The summed E-state index contributed by atoms with van der Waals surface area (Å²) in [6, 6.07) is 4.33. The van der Waals surface area contributed by atoms with E-state index >= 15 is 0 Å². The van der Waals surface area contributed by atoms with Crippen LogP contribution in [-0.4, -0.2) is 18.9 Å². The molecule has 0 radical (unpaired) electrons. The van der Waals surface area contributed by atoms with E-state index in [0.29, 0.717) is 18.5 Å². The second-order valence-electron chi connectivity index (χ2n) is 3.27. The molecule has 1 aromatic rings. The molecule has 0 unspecified atom stereocenters. The Labute approximate surface area is 98.9 Å². The number of hydrogen-bond acceptors (Lipinski definition) is 3. The Hall–Kier alpha value is -1.97. The van der Waals surface area contributed by atoms with Gasteiger partial charge in [-0.15, -0.1) is 0 Å². The van der Waals surface area contributed by atoms with Crippen LogP contribution in [0.4, 0.5) is 4.39 Å². The predicted octanol–water partition coefficient (Wildman–Crippen LogP) is 2.60. The van der Waals surface area contributed by atoms with E-state index in [0.717, 1.165) is 0 Å². The third kappa shape index (κ3) is 3.83. The zero-order chi connectivity index (χ0) is 12.7. The average molecular weight is 236 g/mol. The fraction of sp³-hybridized carbons (Fsp3) is 0.231. The number of benzene rings is 1. The summed E-state index contributed by atoms with van der Waals surface area (Å²) in [5.74, 6) is -0.925. The van der Waals surface area contributed by atoms with Crippen molar-refractivity contribution < 1.29 is 18.7 Å². The first-order valence-electron chi connectivity index (χ1n) is 5.25. The molecular weight excluding hydrogens is 223 g/mol. The smallest absolute Gasteiger partial charge is 0.309 e. The summed E-state index contributed by atoms with van der Waals surface area (Å²) >= 11 is 0. The summed E-state index contributed by atoms with van der Waals surface area (Å²) in [6.07, 6.45) is 3.63. The van der Waals surface area contributed by atoms with Gasteiger partial charge in [0.1, 0.15) is 5.82 Å². The van der Waals surface area contributed by atoms with E-state index in [9.17, 15) is 14.0 Å². The van der Waals surface area contributed by atoms with E-state index in [1.165, 1.54) is 18.2 Å². The second kappa shape index (κ2) is 6.58. The lowest BCUT2D eigenvalue weighted by molar-refractivity contribution is -0.142. The minimum Gasteiger partial charge on any atom is -0.466 e. The molecular formula is C13H13FO3. The van der Waals surface area contributed by atoms with Crippen molar-refractivity contribution >= 4 is 18.3 Å². The van der Waals surface area contributed by atoms with E-state index in [-0.39, 0.29) is 18.0 Å². The maximum absolute atomic E-state index is 13.2. The van der Waals surface area contributed by atoms with E-state index < -0.39 is 5.82 Å². The summed E-state index contributed by atoms with van der Waals surface area (Å²) in [5.41, 5.74) is 0.442. The van der Waals surface area contributed by atoms with Gasteiger partial charge in [0.15, 0.2) is 6.29 Å². The van der Waals surface area contributed by atoms with E-state index in [4.69, 9.17) is 4.74 Å². The molecule has 0 N–H and O–H groups in total. The van der Waals surface area contributed by atoms with Gasteiger partial charge in [0.25, 0.3) is 0 Å². The molecule has 0 saturated carbocycles. The highest BCUT2D eigenvalue weighted by Crippen LogP contribution is 2.13. The van der Waals surface area contributed by atoms with Gasteiger partial charge in [0.2, 0.25) is 0 Å². The Morgan fingerprint density at radius 2 is 2.24 bits per heavy atom. The first kappa shape index (κ1) is 13.1. The van der Waals surface area contributed by atoms with Crippen molar-refractivity contribution in [1.29, 1.82) is 0 Å². The average Bonchev–Trinajstić information content (AvgIpc) is 2.29. The van der Waals surface area contributed by atoms with Crippen LogP contribution in [-0.2, 0) is 9.53 Å². The van der Waals surface area contributed by atoms with Gasteiger partial charge in [-0.1, -0.05) is 24.3 Å². The second-order valence-corrected chi connectivity index (χ2v) is 3.27. The summed E-state index contributed by atoms with van der Waals surface area (Å²) in [4.78, 5) is 21.7. The molecule has 0 aromatic heterocycles. The van der Waals surface area contributed by atoms with E-state index in [1.807, 2.05) is 0 Å². The van der Waals surface area contributed by atoms with Crippen LogP contribution in [0.5, 0.6) is 0 Å². The molecule has 1 aromatic carbocycles. The maximum atomic E-state index is 13.2. The fourth-order valence-corrected chi connectivity index (χ4v) is 1.33. The maximum Gasteiger partial charge on any atom is 0.309 e. The van der Waals surface area contributed by atoms with Crippen molar-refractivity contribution in [3.8, 4) is 0 Å². The number of rotatable bonds is 5. The zero-order valence-corrected chi connectivity index (χ0v) is 9.48. The first-order chi connectivity index (χ1) is 8.19. The lowest BCUT2D eigenvalue weighted by atomic mass is 10.1. The quantitative estimate of drug-likeness (QED) is 0.583. The van der Waals surface area contributed by atoms with Gasteiger partial charge in [-0.05, 0) is 18.6 Å². The summed E-state index contributed by atoms with van der Waals surface area (Å²) < 4.78 is 17.9. The number of aldehydes is 1. The van der Waals surface area contributed by atoms with Gasteiger partial charge in [-0.2, -0.15) is 0 Å². The van der Waals surface area contributed by atoms with Gasteiger partial charge >= 0.3 is 5.97 Å². The molecule has 0 spiro atoms. The van der Waals surface area contributed by atoms with Crippen LogP contribution in [0.3, 0.4) is 0 Å². The third-order valence-corrected chi connectivity index (χ3v) is 2.09. The van der Waals surface area contributed by atoms with Crippen molar-refractivity contribution in [3.05, 3.63) is 41.2 Å². The molecule has 17 heavy (non-hydrogen) atoms.